The molecule has 7 atom stereocenters. The van der Waals surface area contributed by atoms with Crippen molar-refractivity contribution in [2.75, 3.05) is 12.4 Å². The fourth-order valence-electron chi connectivity index (χ4n) is 10.1. The molecule has 4 N–H and O–H groups in total. The van der Waals surface area contributed by atoms with Crippen molar-refractivity contribution in [3.05, 3.63) is 53.0 Å². The second-order valence-electron chi connectivity index (χ2n) is 13.2. The van der Waals surface area contributed by atoms with Gasteiger partial charge in [-0.05, 0) is 74.5 Å². The Kier molecular flexibility index (Phi) is 6.84. The topological polar surface area (TPSA) is 128 Å². The largest absolute Gasteiger partial charge is 0.448 e. The van der Waals surface area contributed by atoms with Gasteiger partial charge < -0.3 is 15.3 Å². The van der Waals surface area contributed by atoms with Gasteiger partial charge >= 0.3 is 5.97 Å². The van der Waals surface area contributed by atoms with Gasteiger partial charge in [0.25, 0.3) is 0 Å². The number of halogens is 2. The monoisotopic (exact) mass is 596 g/mol. The van der Waals surface area contributed by atoms with Gasteiger partial charge in [0.2, 0.25) is 5.12 Å². The number of fused-ring (bicyclic) bond motifs is 2. The number of aliphatic hydroxyl groups excluding tert-OH is 1. The molecule has 0 radical (unpaired) electrons. The normalized spacial score (nSPS) is 39.6. The summed E-state index contributed by atoms with van der Waals surface area (Å²) in [6.07, 6.45) is 6.73. The lowest BCUT2D eigenvalue weighted by Crippen LogP contribution is -2.76. The number of aliphatic hydroxyl groups is 1. The first-order valence-electron chi connectivity index (χ1n) is 14.5. The Morgan fingerprint density at radius 1 is 1.29 bits per heavy atom. The number of ether oxygens (including phenoxy) is 1. The lowest BCUT2D eigenvalue weighted by Gasteiger charge is -2.60. The van der Waals surface area contributed by atoms with Crippen molar-refractivity contribution in [1.29, 1.82) is 10.7 Å². The molecular weight excluding hydrogens is 560 g/mol. The van der Waals surface area contributed by atoms with Crippen molar-refractivity contribution in [3.8, 4) is 6.07 Å². The Balaban J connectivity index is 1.37. The van der Waals surface area contributed by atoms with Gasteiger partial charge in [-0.1, -0.05) is 31.2 Å². The fourth-order valence-corrected chi connectivity index (χ4v) is 10.9. The fraction of sp³-hybridized carbons (Fsp3) is 0.562. The summed E-state index contributed by atoms with van der Waals surface area (Å²) in [6.45, 7) is 2.76. The number of benzene rings is 1. The summed E-state index contributed by atoms with van der Waals surface area (Å²) in [6, 6.07) is 8.22. The SMILES string of the molecule is C[C@]12CC(C=N)=C([NH2+]c3ccc(F)cc3)C=C1CCC13CC12[C@@H](O)C[C@@]1(C)C3CC[C@]1(OC(=O)CF)C(=O)SCC#N. The van der Waals surface area contributed by atoms with Crippen LogP contribution in [0.4, 0.5) is 14.5 Å². The number of quaternary nitrogens is 1. The molecular formula is C32H36F2N3O4S+. The molecule has 1 aromatic rings. The number of alkyl halides is 1. The van der Waals surface area contributed by atoms with Crippen LogP contribution in [0.2, 0.25) is 0 Å². The lowest BCUT2D eigenvalue weighted by atomic mass is 9.45. The Labute approximate surface area is 248 Å². The number of nitrogens with two attached hydrogens (primary N) is 1. The van der Waals surface area contributed by atoms with E-state index >= 15 is 0 Å². The number of hydrogen-bond donors (Lipinski definition) is 3. The number of nitriles is 1. The van der Waals surface area contributed by atoms with E-state index < -0.39 is 45.7 Å². The van der Waals surface area contributed by atoms with E-state index in [0.717, 1.165) is 48.0 Å². The summed E-state index contributed by atoms with van der Waals surface area (Å²) in [4.78, 5) is 26.0. The molecule has 0 spiro atoms. The number of carbonyl (C=O) groups excluding carboxylic acids is 2. The summed E-state index contributed by atoms with van der Waals surface area (Å²) < 4.78 is 32.7. The first kappa shape index (κ1) is 29.2. The zero-order chi connectivity index (χ0) is 30.1. The molecule has 0 heterocycles. The van der Waals surface area contributed by atoms with Gasteiger partial charge in [0.1, 0.15) is 17.2 Å². The number of allylic oxidation sites excluding steroid dienone is 3. The number of nitrogens with zero attached hydrogens (tertiary/aromatic N) is 1. The van der Waals surface area contributed by atoms with Gasteiger partial charge in [0, 0.05) is 40.2 Å². The average molecular weight is 597 g/mol. The maximum absolute atomic E-state index is 13.7. The highest BCUT2D eigenvalue weighted by atomic mass is 32.2. The van der Waals surface area contributed by atoms with E-state index in [1.807, 2.05) is 18.3 Å². The second-order valence-corrected chi connectivity index (χ2v) is 14.1. The minimum atomic E-state index is -1.60. The molecule has 42 heavy (non-hydrogen) atoms. The summed E-state index contributed by atoms with van der Waals surface area (Å²) >= 11 is 0.797. The molecule has 1 aromatic carbocycles. The summed E-state index contributed by atoms with van der Waals surface area (Å²) in [5, 5.41) is 31.1. The average Bonchev–Trinajstić information content (AvgIpc) is 3.61. The molecule has 4 saturated carbocycles. The van der Waals surface area contributed by atoms with E-state index in [1.165, 1.54) is 23.9 Å². The van der Waals surface area contributed by atoms with Crippen molar-refractivity contribution in [2.24, 2.45) is 27.6 Å². The minimum Gasteiger partial charge on any atom is -0.448 e. The second kappa shape index (κ2) is 9.83. The summed E-state index contributed by atoms with van der Waals surface area (Å²) in [7, 11) is 0. The third-order valence-corrected chi connectivity index (χ3v) is 12.7. The third kappa shape index (κ3) is 3.66. The Bertz CT molecular complexity index is 1470. The maximum atomic E-state index is 13.7. The van der Waals surface area contributed by atoms with Crippen LogP contribution in [-0.4, -0.2) is 46.5 Å². The van der Waals surface area contributed by atoms with Crippen molar-refractivity contribution in [3.63, 3.8) is 0 Å². The van der Waals surface area contributed by atoms with E-state index in [9.17, 15) is 23.5 Å². The van der Waals surface area contributed by atoms with Gasteiger partial charge in [-0.3, -0.25) is 10.1 Å². The molecule has 0 saturated heterocycles. The summed E-state index contributed by atoms with van der Waals surface area (Å²) in [5.74, 6) is -1.54. The molecule has 0 aromatic heterocycles. The van der Waals surface area contributed by atoms with Crippen LogP contribution in [0.3, 0.4) is 0 Å². The predicted molar refractivity (Wildman–Crippen MR) is 153 cm³/mol. The highest BCUT2D eigenvalue weighted by Crippen LogP contribution is 2.90. The van der Waals surface area contributed by atoms with E-state index in [1.54, 1.807) is 12.1 Å². The quantitative estimate of drug-likeness (QED) is 0.239. The van der Waals surface area contributed by atoms with Crippen molar-refractivity contribution in [1.82, 2.24) is 0 Å². The molecule has 5 aliphatic rings. The first-order valence-corrected chi connectivity index (χ1v) is 15.5. The van der Waals surface area contributed by atoms with Gasteiger partial charge in [-0.2, -0.15) is 5.26 Å². The Morgan fingerprint density at radius 3 is 2.69 bits per heavy atom. The molecule has 222 valence electrons. The first-order chi connectivity index (χ1) is 20.0. The van der Waals surface area contributed by atoms with E-state index in [0.29, 0.717) is 12.8 Å². The molecule has 3 unspecified atom stereocenters. The van der Waals surface area contributed by atoms with Gasteiger partial charge in [-0.15, -0.1) is 0 Å². The molecule has 6 rings (SSSR count). The highest BCUT2D eigenvalue weighted by Gasteiger charge is 2.88. The molecule has 0 bridgehead atoms. The smallest absolute Gasteiger partial charge is 0.338 e. The van der Waals surface area contributed by atoms with Crippen LogP contribution in [0, 0.1) is 50.1 Å². The van der Waals surface area contributed by atoms with E-state index in [2.05, 4.69) is 13.0 Å². The summed E-state index contributed by atoms with van der Waals surface area (Å²) in [5.41, 5.74) is 0.154. The van der Waals surface area contributed by atoms with Crippen molar-refractivity contribution in [2.45, 2.75) is 70.5 Å². The number of nitrogens with one attached hydrogen (secondary N) is 1. The zero-order valence-electron chi connectivity index (χ0n) is 23.8. The maximum Gasteiger partial charge on any atom is 0.338 e. The minimum absolute atomic E-state index is 0.0367. The Morgan fingerprint density at radius 2 is 2.02 bits per heavy atom. The molecule has 4 fully saturated rings. The van der Waals surface area contributed by atoms with E-state index in [4.69, 9.17) is 15.4 Å². The van der Waals surface area contributed by atoms with Crippen LogP contribution >= 0.6 is 11.8 Å². The van der Waals surface area contributed by atoms with Crippen LogP contribution in [0.25, 0.3) is 0 Å². The van der Waals surface area contributed by atoms with Gasteiger partial charge in [0.05, 0.1) is 17.9 Å². The Hall–Kier alpha value is -2.87. The molecule has 0 amide bonds. The van der Waals surface area contributed by atoms with Crippen molar-refractivity contribution >= 4 is 34.7 Å². The van der Waals surface area contributed by atoms with Gasteiger partial charge in [0.15, 0.2) is 12.3 Å². The molecule has 7 nitrogen and oxygen atoms in total. The van der Waals surface area contributed by atoms with Gasteiger partial charge in [-0.25, -0.2) is 13.6 Å². The number of carbonyl (C=O) groups is 2. The molecule has 0 aliphatic heterocycles. The zero-order valence-corrected chi connectivity index (χ0v) is 24.7. The van der Waals surface area contributed by atoms with Crippen LogP contribution in [0.5, 0.6) is 0 Å². The molecule has 10 heteroatoms. The number of esters is 1. The van der Waals surface area contributed by atoms with Crippen LogP contribution < -0.4 is 5.32 Å². The third-order valence-electron chi connectivity index (χ3n) is 11.8. The number of thioether (sulfide) groups is 1. The van der Waals surface area contributed by atoms with Crippen LogP contribution in [0.1, 0.15) is 58.8 Å². The van der Waals surface area contributed by atoms with Crippen molar-refractivity contribution < 1.29 is 33.5 Å². The van der Waals surface area contributed by atoms with Crippen LogP contribution in [0.15, 0.2) is 47.2 Å². The van der Waals surface area contributed by atoms with Crippen LogP contribution in [-0.2, 0) is 14.3 Å². The predicted octanol–water partition coefficient (Wildman–Crippen LogP) is 4.65. The number of rotatable bonds is 7. The van der Waals surface area contributed by atoms with E-state index in [-0.39, 0.29) is 35.7 Å². The lowest BCUT2D eigenvalue weighted by molar-refractivity contribution is -0.513. The standard InChI is InChI=1S/C32H35F2N3O4S/c1-28-14-19(17-36)23(37-22-5-3-21(34)4-6-22)13-20(28)7-9-30-18-31(28,30)25(38)15-29(2)24(30)8-10-32(29,41-26(39)16-33)27(40)42-12-11-35/h3-6,13,17,24-25,36-38H,7-10,12,14-16,18H2,1-2H3/p+1/t24?,25-,28-,29-,30?,31?,32-/m0/s1. The number of hydrogen-bond acceptors (Lipinski definition) is 7. The highest BCUT2D eigenvalue weighted by molar-refractivity contribution is 8.14. The molecule has 5 aliphatic carbocycles.